The van der Waals surface area contributed by atoms with E-state index in [9.17, 15) is 33.9 Å². The van der Waals surface area contributed by atoms with Gasteiger partial charge in [0.1, 0.15) is 19.3 Å². The number of amides is 4. The minimum Gasteiger partial charge on any atom is -0.481 e. The minimum absolute atomic E-state index is 0.0269. The summed E-state index contributed by atoms with van der Waals surface area (Å²) in [4.78, 5) is 70.3. The van der Waals surface area contributed by atoms with Crippen LogP contribution in [0.25, 0.3) is 0 Å². The first-order valence-electron chi connectivity index (χ1n) is 22.9. The Morgan fingerprint density at radius 1 is 0.435 bits per heavy atom. The smallest absolute Gasteiger partial charge is 0.326 e. The van der Waals surface area contributed by atoms with Crippen LogP contribution in [0.5, 0.6) is 0 Å². The largest absolute Gasteiger partial charge is 0.481 e. The van der Waals surface area contributed by atoms with Crippen LogP contribution in [0.3, 0.4) is 0 Å². The molecule has 4 amide bonds. The molecule has 0 radical (unpaired) electrons. The molecule has 0 bridgehead atoms. The van der Waals surface area contributed by atoms with Gasteiger partial charge in [0.2, 0.25) is 23.6 Å². The zero-order valence-electron chi connectivity index (χ0n) is 37.2. The van der Waals surface area contributed by atoms with E-state index >= 15 is 0 Å². The first-order valence-corrected chi connectivity index (χ1v) is 22.9. The molecule has 0 aromatic carbocycles. The van der Waals surface area contributed by atoms with Crippen molar-refractivity contribution in [3.63, 3.8) is 0 Å². The van der Waals surface area contributed by atoms with E-state index in [2.05, 4.69) is 21.3 Å². The maximum absolute atomic E-state index is 12.3. The van der Waals surface area contributed by atoms with Gasteiger partial charge in [-0.25, -0.2) is 4.79 Å². The highest BCUT2D eigenvalue weighted by Gasteiger charge is 2.21. The highest BCUT2D eigenvalue weighted by molar-refractivity contribution is 5.84. The number of nitrogens with two attached hydrogens (primary N) is 1. The highest BCUT2D eigenvalue weighted by Crippen LogP contribution is 2.14. The lowest BCUT2D eigenvalue weighted by molar-refractivity contribution is -0.142. The quantitative estimate of drug-likeness (QED) is 0.0314. The van der Waals surface area contributed by atoms with Gasteiger partial charge in [0, 0.05) is 38.9 Å². The maximum Gasteiger partial charge on any atom is 0.326 e. The summed E-state index contributed by atoms with van der Waals surface area (Å²) in [6.07, 6.45) is 18.5. The van der Waals surface area contributed by atoms with E-state index in [0.717, 1.165) is 38.5 Å². The van der Waals surface area contributed by atoms with Crippen molar-refractivity contribution in [2.45, 2.75) is 166 Å². The van der Waals surface area contributed by atoms with E-state index in [1.54, 1.807) is 0 Å². The number of carbonyl (C=O) groups is 6. The molecule has 0 unspecified atom stereocenters. The van der Waals surface area contributed by atoms with Gasteiger partial charge in [0.15, 0.2) is 6.29 Å². The fourth-order valence-electron chi connectivity index (χ4n) is 6.20. The van der Waals surface area contributed by atoms with E-state index in [1.165, 1.54) is 57.8 Å². The molecule has 0 fully saturated rings. The van der Waals surface area contributed by atoms with Crippen LogP contribution in [-0.2, 0) is 47.7 Å². The Morgan fingerprint density at radius 3 is 1.31 bits per heavy atom. The van der Waals surface area contributed by atoms with Gasteiger partial charge in [0.05, 0.1) is 45.7 Å². The topological polar surface area (TPSA) is 294 Å². The summed E-state index contributed by atoms with van der Waals surface area (Å²) in [5, 5.41) is 46.6. The number of aliphatic carboxylic acids is 2. The van der Waals surface area contributed by atoms with Gasteiger partial charge in [-0.1, -0.05) is 89.9 Å². The summed E-state index contributed by atoms with van der Waals surface area (Å²) in [6.45, 7) is 1.88. The molecule has 0 heterocycles. The lowest BCUT2D eigenvalue weighted by Crippen LogP contribution is -2.41. The van der Waals surface area contributed by atoms with Crippen molar-refractivity contribution in [1.82, 2.24) is 21.3 Å². The van der Waals surface area contributed by atoms with E-state index in [0.29, 0.717) is 32.2 Å². The van der Waals surface area contributed by atoms with E-state index in [-0.39, 0.29) is 115 Å². The average Bonchev–Trinajstić information content (AvgIpc) is 3.23. The molecule has 2 atom stereocenters. The fraction of sp³-hybridized carbons (Fsp3) is 0.860. The number of hydrogen-bond donors (Lipinski definition) is 9. The predicted octanol–water partition coefficient (Wildman–Crippen LogP) is 2.67. The first kappa shape index (κ1) is 58.5. The van der Waals surface area contributed by atoms with Crippen molar-refractivity contribution in [1.29, 1.82) is 0 Å². The SMILES string of the molecule is N[C@@H](CCCCNC(=O)COCCOCCNC(=O)COCCOCCNC(=O)CC[C@H](NC(=O)CCCCCCCCCCCCCCCCCCC(=O)O)C(=O)O)C(O)O. The van der Waals surface area contributed by atoms with Crippen LogP contribution in [0, 0.1) is 0 Å². The molecule has 19 heteroatoms. The van der Waals surface area contributed by atoms with Crippen molar-refractivity contribution in [3.05, 3.63) is 0 Å². The van der Waals surface area contributed by atoms with Crippen molar-refractivity contribution >= 4 is 35.6 Å². The predicted molar refractivity (Wildman–Crippen MR) is 232 cm³/mol. The Bertz CT molecular complexity index is 1170. The lowest BCUT2D eigenvalue weighted by atomic mass is 10.0. The summed E-state index contributed by atoms with van der Waals surface area (Å²) in [5.74, 6) is -3.17. The minimum atomic E-state index is -1.55. The van der Waals surface area contributed by atoms with Gasteiger partial charge < -0.3 is 66.4 Å². The number of carboxylic acid groups (broad SMARTS) is 2. The molecule has 0 aliphatic heterocycles. The molecule has 19 nitrogen and oxygen atoms in total. The Kier molecular flexibility index (Phi) is 40.4. The van der Waals surface area contributed by atoms with Crippen molar-refractivity contribution in [2.24, 2.45) is 5.73 Å². The van der Waals surface area contributed by atoms with Crippen molar-refractivity contribution in [2.75, 3.05) is 72.5 Å². The normalized spacial score (nSPS) is 12.2. The number of aliphatic hydroxyl groups is 2. The van der Waals surface area contributed by atoms with Gasteiger partial charge >= 0.3 is 11.9 Å². The molecule has 0 saturated carbocycles. The maximum atomic E-state index is 12.3. The second-order valence-electron chi connectivity index (χ2n) is 15.5. The molecule has 0 aliphatic rings. The number of nitrogens with one attached hydrogen (secondary N) is 4. The number of rotatable bonds is 46. The molecule has 0 rings (SSSR count). The van der Waals surface area contributed by atoms with Crippen LogP contribution in [0.2, 0.25) is 0 Å². The van der Waals surface area contributed by atoms with Crippen LogP contribution in [0.15, 0.2) is 0 Å². The van der Waals surface area contributed by atoms with Crippen molar-refractivity contribution < 1.29 is 68.1 Å². The van der Waals surface area contributed by atoms with Gasteiger partial charge in [0.25, 0.3) is 0 Å². The number of carboxylic acids is 2. The number of hydrogen-bond acceptors (Lipinski definition) is 13. The standard InChI is InChI=1S/C43H81N5O14/c44-35(42(55)56)19-17-18-24-45-39(51)33-61-31-30-60-28-26-47-40(52)34-62-32-29-59-27-25-46-37(49)23-22-36(43(57)58)48-38(50)20-15-13-11-9-7-5-3-1-2-4-6-8-10-12-14-16-21-41(53)54/h35-36,42,55-56H,1-34,44H2,(H,45,51)(H,46,49)(H,47,52)(H,48,50)(H,53,54)(H,57,58)/t35-,36-/m0/s1. The van der Waals surface area contributed by atoms with Crippen LogP contribution in [0.1, 0.15) is 148 Å². The zero-order valence-corrected chi connectivity index (χ0v) is 37.2. The molecule has 362 valence electrons. The van der Waals surface area contributed by atoms with Gasteiger partial charge in [-0.3, -0.25) is 24.0 Å². The van der Waals surface area contributed by atoms with Crippen LogP contribution >= 0.6 is 0 Å². The third-order valence-electron chi connectivity index (χ3n) is 9.85. The third-order valence-corrected chi connectivity index (χ3v) is 9.85. The van der Waals surface area contributed by atoms with E-state index in [4.69, 9.17) is 40.0 Å². The molecule has 62 heavy (non-hydrogen) atoms. The molecule has 0 aliphatic carbocycles. The molecular formula is C43H81N5O14. The number of unbranched alkanes of at least 4 members (excludes halogenated alkanes) is 16. The van der Waals surface area contributed by atoms with E-state index < -0.39 is 30.3 Å². The molecular weight excluding hydrogens is 810 g/mol. The molecule has 0 spiro atoms. The van der Waals surface area contributed by atoms with Crippen molar-refractivity contribution in [3.8, 4) is 0 Å². The molecule has 0 aromatic heterocycles. The van der Waals surface area contributed by atoms with Crippen LogP contribution in [-0.4, -0.2) is 147 Å². The van der Waals surface area contributed by atoms with E-state index in [1.807, 2.05) is 0 Å². The zero-order chi connectivity index (χ0) is 45.9. The van der Waals surface area contributed by atoms with Crippen LogP contribution in [0.4, 0.5) is 0 Å². The summed E-state index contributed by atoms with van der Waals surface area (Å²) < 4.78 is 21.3. The fourth-order valence-corrected chi connectivity index (χ4v) is 6.20. The van der Waals surface area contributed by atoms with Gasteiger partial charge in [-0.05, 0) is 38.5 Å². The summed E-state index contributed by atoms with van der Waals surface area (Å²) in [7, 11) is 0. The Labute approximate surface area is 368 Å². The number of aliphatic hydroxyl groups excluding tert-OH is 1. The number of carbonyl (C=O) groups excluding carboxylic acids is 4. The second-order valence-corrected chi connectivity index (χ2v) is 15.5. The molecule has 10 N–H and O–H groups in total. The Morgan fingerprint density at radius 2 is 0.855 bits per heavy atom. The second kappa shape index (κ2) is 42.8. The monoisotopic (exact) mass is 892 g/mol. The Balaban J connectivity index is 3.63. The lowest BCUT2D eigenvalue weighted by Gasteiger charge is -2.14. The third kappa shape index (κ3) is 41.9. The highest BCUT2D eigenvalue weighted by atomic mass is 16.5. The van der Waals surface area contributed by atoms with Crippen LogP contribution < -0.4 is 27.0 Å². The Hall–Kier alpha value is -3.46. The molecule has 0 saturated heterocycles. The first-order chi connectivity index (χ1) is 29.9. The summed E-state index contributed by atoms with van der Waals surface area (Å²) in [5.41, 5.74) is 5.52. The van der Waals surface area contributed by atoms with Gasteiger partial charge in [-0.2, -0.15) is 0 Å². The summed E-state index contributed by atoms with van der Waals surface area (Å²) >= 11 is 0. The molecule has 0 aromatic rings. The summed E-state index contributed by atoms with van der Waals surface area (Å²) in [6, 6.07) is -1.84. The van der Waals surface area contributed by atoms with Gasteiger partial charge in [-0.15, -0.1) is 0 Å². The number of ether oxygens (including phenoxy) is 4. The average molecular weight is 892 g/mol.